The number of phosphoric ester groups is 1. The van der Waals surface area contributed by atoms with Gasteiger partial charge < -0.3 is 32.0 Å². The molecule has 0 aliphatic rings. The maximum atomic E-state index is 11.1. The highest BCUT2D eigenvalue weighted by Crippen LogP contribution is 2.51. The lowest BCUT2D eigenvalue weighted by atomic mass is 10.4. The molecule has 1 atom stereocenters. The molecular weight excluding hydrogens is 321 g/mol. The molecule has 9 nitrogen and oxygen atoms in total. The van der Waals surface area contributed by atoms with Gasteiger partial charge in [0.05, 0.1) is 19.7 Å². The standard InChI is InChI=1S/C7H12N2O7P2.ClH/c1-9-4-2-3-8-6(9)5-7(17(10,11)12)16-18(13,14)15;/h2-4,7H,5H2,1H3,(H3-,10,11,12,13,14,15);1H. The van der Waals surface area contributed by atoms with E-state index < -0.39 is 27.7 Å². The molecule has 0 aliphatic carbocycles. The number of phosphoric acid groups is 1. The first-order valence-corrected chi connectivity index (χ1v) is 7.89. The summed E-state index contributed by atoms with van der Waals surface area (Å²) in [4.78, 5) is 39.1. The van der Waals surface area contributed by atoms with E-state index in [0.717, 1.165) is 0 Å². The third-order valence-electron chi connectivity index (χ3n) is 2.02. The molecule has 0 aromatic carbocycles. The highest BCUT2D eigenvalue weighted by molar-refractivity contribution is 7.53. The van der Waals surface area contributed by atoms with Gasteiger partial charge in [-0.15, -0.1) is 0 Å². The number of nitrogens with zero attached hydrogens (tertiary/aromatic N) is 2. The molecular formula is C7H13ClN2O7P2. The molecule has 1 rings (SSSR count). The molecule has 4 N–H and O–H groups in total. The summed E-state index contributed by atoms with van der Waals surface area (Å²) in [5.74, 6) is -1.72. The minimum atomic E-state index is -5.00. The first-order valence-electron chi connectivity index (χ1n) is 4.68. The molecule has 0 aliphatic heterocycles. The number of aromatic nitrogens is 2. The average molecular weight is 335 g/mol. The second kappa shape index (κ2) is 6.88. The van der Waals surface area contributed by atoms with Crippen molar-refractivity contribution >= 4 is 15.4 Å². The van der Waals surface area contributed by atoms with Crippen LogP contribution in [-0.4, -0.2) is 30.4 Å². The lowest BCUT2D eigenvalue weighted by Crippen LogP contribution is -3.00. The van der Waals surface area contributed by atoms with Crippen molar-refractivity contribution in [2.24, 2.45) is 7.05 Å². The largest absolute Gasteiger partial charge is 1.00 e. The molecule has 1 aromatic heterocycles. The molecule has 1 aromatic rings. The average Bonchev–Trinajstić information content (AvgIpc) is 2.17. The first-order chi connectivity index (χ1) is 8.09. The zero-order valence-electron chi connectivity index (χ0n) is 9.70. The minimum absolute atomic E-state index is 0. The van der Waals surface area contributed by atoms with E-state index in [1.54, 1.807) is 19.3 Å². The molecule has 0 amide bonds. The van der Waals surface area contributed by atoms with E-state index in [4.69, 9.17) is 19.6 Å². The highest BCUT2D eigenvalue weighted by atomic mass is 35.5. The summed E-state index contributed by atoms with van der Waals surface area (Å²) in [5, 5.41) is 0. The zero-order chi connectivity index (χ0) is 14.0. The van der Waals surface area contributed by atoms with Gasteiger partial charge in [0.2, 0.25) is 0 Å². The summed E-state index contributed by atoms with van der Waals surface area (Å²) in [6.07, 6.45) is 2.55. The Balaban J connectivity index is 0.00000324. The molecule has 1 unspecified atom stereocenters. The SMILES string of the molecule is C[n+]1cccnc1CC(OP(=O)(O)O)P(=O)(O)O.[Cl-]. The minimum Gasteiger partial charge on any atom is -1.00 e. The Kier molecular flexibility index (Phi) is 6.74. The Morgan fingerprint density at radius 3 is 2.37 bits per heavy atom. The van der Waals surface area contributed by atoms with Crippen LogP contribution in [0.4, 0.5) is 0 Å². The van der Waals surface area contributed by atoms with Crippen molar-refractivity contribution in [2.45, 2.75) is 12.3 Å². The lowest BCUT2D eigenvalue weighted by molar-refractivity contribution is -0.682. The molecule has 0 spiro atoms. The van der Waals surface area contributed by atoms with Crippen LogP contribution >= 0.6 is 15.4 Å². The van der Waals surface area contributed by atoms with E-state index in [2.05, 4.69) is 9.51 Å². The summed E-state index contributed by atoms with van der Waals surface area (Å²) in [7, 11) is -8.25. The third-order valence-corrected chi connectivity index (χ3v) is 3.75. The molecule has 0 radical (unpaired) electrons. The van der Waals surface area contributed by atoms with Crippen LogP contribution in [-0.2, 0) is 27.1 Å². The summed E-state index contributed by atoms with van der Waals surface area (Å²) < 4.78 is 27.4. The number of hydrogen-bond donors (Lipinski definition) is 4. The van der Waals surface area contributed by atoms with Gasteiger partial charge in [0.25, 0.3) is 0 Å². The Morgan fingerprint density at radius 2 is 1.95 bits per heavy atom. The van der Waals surface area contributed by atoms with Crippen molar-refractivity contribution in [1.29, 1.82) is 0 Å². The topological polar surface area (TPSA) is 141 Å². The maximum Gasteiger partial charge on any atom is 0.470 e. The summed E-state index contributed by atoms with van der Waals surface area (Å²) in [6.45, 7) is 0. The number of hydrogen-bond acceptors (Lipinski definition) is 4. The van der Waals surface area contributed by atoms with Gasteiger partial charge >= 0.3 is 21.2 Å². The molecule has 0 bridgehead atoms. The third kappa shape index (κ3) is 6.56. The molecule has 1 heterocycles. The quantitative estimate of drug-likeness (QED) is 0.316. The Hall–Kier alpha value is -0.370. The van der Waals surface area contributed by atoms with E-state index in [-0.39, 0.29) is 18.2 Å². The fraction of sp³-hybridized carbons (Fsp3) is 0.429. The van der Waals surface area contributed by atoms with Crippen molar-refractivity contribution in [3.05, 3.63) is 24.3 Å². The van der Waals surface area contributed by atoms with Crippen LogP contribution in [0.15, 0.2) is 18.5 Å². The Labute approximate surface area is 115 Å². The van der Waals surface area contributed by atoms with Crippen molar-refractivity contribution in [3.8, 4) is 0 Å². The maximum absolute atomic E-state index is 11.1. The van der Waals surface area contributed by atoms with Gasteiger partial charge in [-0.25, -0.2) is 9.13 Å². The van der Waals surface area contributed by atoms with E-state index >= 15 is 0 Å². The fourth-order valence-corrected chi connectivity index (χ4v) is 2.86. The second-order valence-corrected chi connectivity index (χ2v) is 6.44. The Bertz CT molecular complexity index is 516. The van der Waals surface area contributed by atoms with Crippen molar-refractivity contribution in [3.63, 3.8) is 0 Å². The van der Waals surface area contributed by atoms with Gasteiger partial charge in [-0.05, 0) is 0 Å². The van der Waals surface area contributed by atoms with Gasteiger partial charge in [0.15, 0.2) is 5.85 Å². The molecule has 110 valence electrons. The second-order valence-electron chi connectivity index (χ2n) is 3.49. The summed E-state index contributed by atoms with van der Waals surface area (Å²) in [5.41, 5.74) is 0. The predicted octanol–water partition coefficient (Wildman–Crippen LogP) is -3.93. The van der Waals surface area contributed by atoms with Gasteiger partial charge in [-0.2, -0.15) is 0 Å². The number of halogens is 1. The molecule has 0 saturated carbocycles. The summed E-state index contributed by atoms with van der Waals surface area (Å²) in [6, 6.07) is 1.60. The van der Waals surface area contributed by atoms with Crippen LogP contribution in [0.25, 0.3) is 0 Å². The van der Waals surface area contributed by atoms with E-state index in [1.165, 1.54) is 10.8 Å². The Morgan fingerprint density at radius 1 is 1.37 bits per heavy atom. The van der Waals surface area contributed by atoms with Crippen molar-refractivity contribution < 1.29 is 50.2 Å². The van der Waals surface area contributed by atoms with Gasteiger partial charge in [-0.3, -0.25) is 9.09 Å². The fourth-order valence-electron chi connectivity index (χ4n) is 1.20. The molecule has 12 heteroatoms. The highest BCUT2D eigenvalue weighted by Gasteiger charge is 2.38. The van der Waals surface area contributed by atoms with Crippen LogP contribution < -0.4 is 17.0 Å². The van der Waals surface area contributed by atoms with Gasteiger partial charge in [0.1, 0.15) is 6.20 Å². The van der Waals surface area contributed by atoms with Crippen LogP contribution in [0.1, 0.15) is 5.82 Å². The van der Waals surface area contributed by atoms with E-state index in [1.807, 2.05) is 0 Å². The predicted molar refractivity (Wildman–Crippen MR) is 58.1 cm³/mol. The van der Waals surface area contributed by atoms with Gasteiger partial charge in [-0.1, -0.05) is 4.98 Å². The lowest BCUT2D eigenvalue weighted by Gasteiger charge is -2.17. The van der Waals surface area contributed by atoms with E-state index in [9.17, 15) is 9.13 Å². The molecule has 0 fully saturated rings. The van der Waals surface area contributed by atoms with Crippen LogP contribution in [0, 0.1) is 0 Å². The first kappa shape index (κ1) is 18.6. The van der Waals surface area contributed by atoms with Crippen LogP contribution in [0.2, 0.25) is 0 Å². The molecule has 19 heavy (non-hydrogen) atoms. The van der Waals surface area contributed by atoms with Gasteiger partial charge in [0, 0.05) is 6.07 Å². The molecule has 0 saturated heterocycles. The number of rotatable bonds is 5. The summed E-state index contributed by atoms with van der Waals surface area (Å²) >= 11 is 0. The normalized spacial score (nSPS) is 13.7. The van der Waals surface area contributed by atoms with Crippen LogP contribution in [0.5, 0.6) is 0 Å². The number of aryl methyl sites for hydroxylation is 1. The van der Waals surface area contributed by atoms with E-state index in [0.29, 0.717) is 0 Å². The van der Waals surface area contributed by atoms with Crippen LogP contribution in [0.3, 0.4) is 0 Å². The zero-order valence-corrected chi connectivity index (χ0v) is 12.2. The van der Waals surface area contributed by atoms with Crippen molar-refractivity contribution in [2.75, 3.05) is 0 Å². The smallest absolute Gasteiger partial charge is 0.470 e. The van der Waals surface area contributed by atoms with Crippen molar-refractivity contribution in [1.82, 2.24) is 4.98 Å². The monoisotopic (exact) mass is 334 g/mol.